The zero-order valence-electron chi connectivity index (χ0n) is 36.3. The van der Waals surface area contributed by atoms with Gasteiger partial charge in [0.1, 0.15) is 30.2 Å². The standard InChI is InChI=1S/C37H68N12O13/c1-8-18(6)26(47-31(56)21(10-9-11-43-37(41)42)45-32(57)22(13-17(4)5)46-30(55)20(38)12-16(2)3)34(59)48-27(19(7)51)33(58)44-14-24(52)49(23(15-50)36(61)62)35(60)25(39)28(53)29(40)54/h16-23,25-28,50-51,53H,8-15,38-39H2,1-7H3,(H2,40,54)(H,44,58)(H,45,57)(H,46,55)(H,47,56)(H,48,59)(H,61,62)(H4,41,42,43)/t18?,19?,20?,21-,22+,23?,25?,26+,27?,28+/m1/s1. The minimum absolute atomic E-state index is 0.0456. The fourth-order valence-electron chi connectivity index (χ4n) is 5.80. The van der Waals surface area contributed by atoms with Crippen molar-refractivity contribution in [1.29, 1.82) is 0 Å². The number of amides is 8. The van der Waals surface area contributed by atoms with Gasteiger partial charge >= 0.3 is 5.97 Å². The summed E-state index contributed by atoms with van der Waals surface area (Å²) in [6.07, 6.45) is -3.10. The van der Waals surface area contributed by atoms with Crippen LogP contribution in [0, 0.1) is 17.8 Å². The lowest BCUT2D eigenvalue weighted by atomic mass is 9.96. The molecule has 0 spiro atoms. The van der Waals surface area contributed by atoms with Gasteiger partial charge < -0.3 is 75.7 Å². The number of hydrogen-bond donors (Lipinski definition) is 14. The third kappa shape index (κ3) is 19.0. The lowest BCUT2D eigenvalue weighted by molar-refractivity contribution is -0.161. The van der Waals surface area contributed by atoms with E-state index in [1.165, 1.54) is 0 Å². The quantitative estimate of drug-likeness (QED) is 0.0197. The fourth-order valence-corrected chi connectivity index (χ4v) is 5.80. The van der Waals surface area contributed by atoms with Crippen LogP contribution in [0.25, 0.3) is 0 Å². The van der Waals surface area contributed by atoms with Gasteiger partial charge in [-0.15, -0.1) is 0 Å². The van der Waals surface area contributed by atoms with E-state index in [0.717, 1.165) is 6.92 Å². The third-order valence-corrected chi connectivity index (χ3v) is 9.44. The predicted octanol–water partition coefficient (Wildman–Crippen LogP) is -6.08. The molecule has 19 N–H and O–H groups in total. The first kappa shape index (κ1) is 56.5. The number of carbonyl (C=O) groups is 9. The number of guanidine groups is 1. The molecule has 0 heterocycles. The Kier molecular flexibility index (Phi) is 25.0. The lowest BCUT2D eigenvalue weighted by Crippen LogP contribution is -2.63. The summed E-state index contributed by atoms with van der Waals surface area (Å²) < 4.78 is 0. The first-order valence-electron chi connectivity index (χ1n) is 20.1. The molecule has 0 aliphatic rings. The smallest absolute Gasteiger partial charge is 0.329 e. The average molecular weight is 889 g/mol. The molecule has 0 saturated carbocycles. The van der Waals surface area contributed by atoms with Crippen LogP contribution >= 0.6 is 0 Å². The monoisotopic (exact) mass is 889 g/mol. The Morgan fingerprint density at radius 3 is 1.71 bits per heavy atom. The van der Waals surface area contributed by atoms with Crippen LogP contribution in [0.2, 0.25) is 0 Å². The van der Waals surface area contributed by atoms with Crippen molar-refractivity contribution in [1.82, 2.24) is 31.5 Å². The Balaban J connectivity index is 6.48. The molecule has 0 aliphatic carbocycles. The molecule has 0 aromatic rings. The number of carboxylic acid groups (broad SMARTS) is 1. The second kappa shape index (κ2) is 27.4. The molecule has 354 valence electrons. The molecule has 62 heavy (non-hydrogen) atoms. The van der Waals surface area contributed by atoms with E-state index in [4.69, 9.17) is 28.7 Å². The average Bonchev–Trinajstić information content (AvgIpc) is 3.18. The number of rotatable bonds is 28. The van der Waals surface area contributed by atoms with E-state index in [2.05, 4.69) is 26.3 Å². The van der Waals surface area contributed by atoms with Crippen molar-refractivity contribution in [2.24, 2.45) is 51.4 Å². The largest absolute Gasteiger partial charge is 0.480 e. The van der Waals surface area contributed by atoms with Crippen LogP contribution in [0.15, 0.2) is 4.99 Å². The van der Waals surface area contributed by atoms with E-state index >= 15 is 0 Å². The number of carbonyl (C=O) groups excluding carboxylic acids is 8. The van der Waals surface area contributed by atoms with E-state index in [1.807, 2.05) is 33.0 Å². The zero-order valence-corrected chi connectivity index (χ0v) is 36.3. The zero-order chi connectivity index (χ0) is 48.2. The molecule has 10 atom stereocenters. The van der Waals surface area contributed by atoms with Crippen molar-refractivity contribution in [3.8, 4) is 0 Å². The van der Waals surface area contributed by atoms with Gasteiger partial charge in [0.25, 0.3) is 0 Å². The van der Waals surface area contributed by atoms with Crippen molar-refractivity contribution in [2.75, 3.05) is 19.7 Å². The minimum atomic E-state index is -2.38. The number of nitrogens with one attached hydrogen (secondary N) is 5. The number of nitrogens with zero attached hydrogens (tertiary/aromatic N) is 2. The summed E-state index contributed by atoms with van der Waals surface area (Å²) in [5.41, 5.74) is 27.4. The van der Waals surface area contributed by atoms with Crippen LogP contribution in [-0.4, -0.2) is 159 Å². The first-order chi connectivity index (χ1) is 28.7. The first-order valence-corrected chi connectivity index (χ1v) is 20.1. The summed E-state index contributed by atoms with van der Waals surface area (Å²) in [5.74, 6) is -11.8. The Hall–Kier alpha value is -5.50. The molecule has 8 amide bonds. The van der Waals surface area contributed by atoms with Crippen molar-refractivity contribution in [3.05, 3.63) is 0 Å². The highest BCUT2D eigenvalue weighted by atomic mass is 16.4. The molecule has 0 fully saturated rings. The summed E-state index contributed by atoms with van der Waals surface area (Å²) in [4.78, 5) is 121. The van der Waals surface area contributed by atoms with Gasteiger partial charge in [-0.25, -0.2) is 4.79 Å². The maximum Gasteiger partial charge on any atom is 0.329 e. The van der Waals surface area contributed by atoms with Crippen LogP contribution in [0.5, 0.6) is 0 Å². The van der Waals surface area contributed by atoms with E-state index < -0.39 is 127 Å². The highest BCUT2D eigenvalue weighted by Gasteiger charge is 2.41. The summed E-state index contributed by atoms with van der Waals surface area (Å²) in [6.45, 7) is 9.32. The van der Waals surface area contributed by atoms with Gasteiger partial charge in [-0.1, -0.05) is 48.0 Å². The van der Waals surface area contributed by atoms with Crippen LogP contribution in [0.1, 0.15) is 80.6 Å². The molecule has 0 radical (unpaired) electrons. The molecule has 0 bridgehead atoms. The molecule has 25 nitrogen and oxygen atoms in total. The van der Waals surface area contributed by atoms with E-state index in [1.54, 1.807) is 13.8 Å². The van der Waals surface area contributed by atoms with Gasteiger partial charge in [0.15, 0.2) is 18.1 Å². The molecule has 25 heteroatoms. The van der Waals surface area contributed by atoms with Crippen molar-refractivity contribution < 1.29 is 63.6 Å². The van der Waals surface area contributed by atoms with Crippen molar-refractivity contribution >= 4 is 59.2 Å². The number of aliphatic hydroxyl groups excluding tert-OH is 3. The van der Waals surface area contributed by atoms with Crippen LogP contribution in [-0.2, 0) is 43.2 Å². The van der Waals surface area contributed by atoms with Crippen LogP contribution in [0.4, 0.5) is 0 Å². The normalized spacial score (nSPS) is 16.1. The Labute approximate surface area is 360 Å². The highest BCUT2D eigenvalue weighted by Crippen LogP contribution is 2.13. The van der Waals surface area contributed by atoms with Gasteiger partial charge in [-0.3, -0.25) is 48.2 Å². The lowest BCUT2D eigenvalue weighted by Gasteiger charge is -2.30. The van der Waals surface area contributed by atoms with Crippen LogP contribution in [0.3, 0.4) is 0 Å². The Morgan fingerprint density at radius 1 is 0.710 bits per heavy atom. The molecular weight excluding hydrogens is 820 g/mol. The van der Waals surface area contributed by atoms with Crippen molar-refractivity contribution in [2.45, 2.75) is 135 Å². The van der Waals surface area contributed by atoms with E-state index in [9.17, 15) is 63.6 Å². The van der Waals surface area contributed by atoms with Crippen molar-refractivity contribution in [3.63, 3.8) is 0 Å². The molecule has 0 aromatic heterocycles. The van der Waals surface area contributed by atoms with Gasteiger partial charge in [0, 0.05) is 6.54 Å². The molecular formula is C37H68N12O13. The summed E-state index contributed by atoms with van der Waals surface area (Å²) in [7, 11) is 0. The number of hydrogen-bond acceptors (Lipinski definition) is 15. The fraction of sp³-hybridized carbons (Fsp3) is 0.730. The Morgan fingerprint density at radius 2 is 1.24 bits per heavy atom. The van der Waals surface area contributed by atoms with E-state index in [-0.39, 0.29) is 54.9 Å². The van der Waals surface area contributed by atoms with Gasteiger partial charge in [0.05, 0.1) is 25.3 Å². The molecule has 6 unspecified atom stereocenters. The number of primary amides is 1. The summed E-state index contributed by atoms with van der Waals surface area (Å²) >= 11 is 0. The Bertz CT molecular complexity index is 1590. The number of aliphatic carboxylic acids is 1. The minimum Gasteiger partial charge on any atom is -0.480 e. The number of carboxylic acids is 1. The van der Waals surface area contributed by atoms with E-state index in [0.29, 0.717) is 6.42 Å². The number of aliphatic imine (C=N–C) groups is 1. The SMILES string of the molecule is CCC(C)[C@H](NC(=O)[C@@H](CCCN=C(N)N)NC(=O)[C@H](CC(C)C)NC(=O)C(N)CC(C)C)C(=O)NC(C(=O)NCC(=O)N(C(=O)C(N)[C@H](O)C(N)=O)C(CO)C(=O)O)C(C)O. The van der Waals surface area contributed by atoms with Gasteiger partial charge in [-0.2, -0.15) is 0 Å². The summed E-state index contributed by atoms with van der Waals surface area (Å²) in [5, 5.41) is 51.7. The number of nitrogens with two attached hydrogens (primary N) is 5. The summed E-state index contributed by atoms with van der Waals surface area (Å²) in [6, 6.07) is -11.1. The second-order valence-electron chi connectivity index (χ2n) is 15.8. The topological polar surface area (TPSA) is 440 Å². The van der Waals surface area contributed by atoms with Gasteiger partial charge in [-0.05, 0) is 50.4 Å². The molecule has 0 saturated heterocycles. The molecule has 0 aromatic carbocycles. The van der Waals surface area contributed by atoms with Gasteiger partial charge in [0.2, 0.25) is 47.3 Å². The number of aliphatic hydroxyl groups is 3. The third-order valence-electron chi connectivity index (χ3n) is 9.44. The number of imide groups is 1. The van der Waals surface area contributed by atoms with Crippen LogP contribution < -0.4 is 55.3 Å². The molecule has 0 rings (SSSR count). The maximum atomic E-state index is 13.9. The predicted molar refractivity (Wildman–Crippen MR) is 222 cm³/mol. The molecule has 0 aliphatic heterocycles. The second-order valence-corrected chi connectivity index (χ2v) is 15.8. The highest BCUT2D eigenvalue weighted by molar-refractivity contribution is 6.05. The maximum absolute atomic E-state index is 13.9.